The quantitative estimate of drug-likeness (QED) is 0.850. The number of carbonyl (C=O) groups excluding carboxylic acids is 1. The molecule has 1 N–H and O–H groups in total. The van der Waals surface area contributed by atoms with E-state index in [1.54, 1.807) is 31.2 Å². The van der Waals surface area contributed by atoms with Crippen molar-refractivity contribution in [3.8, 4) is 11.3 Å². The lowest BCUT2D eigenvalue weighted by Gasteiger charge is -2.08. The molecule has 0 unspecified atom stereocenters. The van der Waals surface area contributed by atoms with E-state index in [-0.39, 0.29) is 10.7 Å². The molecule has 1 aromatic heterocycles. The zero-order valence-corrected chi connectivity index (χ0v) is 11.1. The highest BCUT2D eigenvalue weighted by atomic mass is 32.2. The Hall–Kier alpha value is -1.92. The number of furan rings is 1. The minimum absolute atomic E-state index is 0.128. The van der Waals surface area contributed by atoms with Crippen LogP contribution < -0.4 is 4.72 Å². The summed E-state index contributed by atoms with van der Waals surface area (Å²) in [6.45, 7) is 2.01. The van der Waals surface area contributed by atoms with Crippen LogP contribution in [0.15, 0.2) is 45.7 Å². The predicted octanol–water partition coefficient (Wildman–Crippen LogP) is 2.06. The second-order valence-electron chi connectivity index (χ2n) is 3.82. The van der Waals surface area contributed by atoms with Crippen molar-refractivity contribution in [3.05, 3.63) is 42.2 Å². The molecule has 0 radical (unpaired) electrons. The molecule has 0 bridgehead atoms. The van der Waals surface area contributed by atoms with Gasteiger partial charge < -0.3 is 4.42 Å². The number of nitrogens with one attached hydrogen (secondary N) is 1. The van der Waals surface area contributed by atoms with E-state index in [0.717, 1.165) is 0 Å². The maximum Gasteiger partial charge on any atom is 0.241 e. The van der Waals surface area contributed by atoms with E-state index in [1.165, 1.54) is 12.1 Å². The van der Waals surface area contributed by atoms with Crippen LogP contribution in [0.1, 0.15) is 17.5 Å². The number of aldehydes is 1. The van der Waals surface area contributed by atoms with Crippen LogP contribution in [-0.2, 0) is 10.0 Å². The molecule has 5 nitrogen and oxygen atoms in total. The molecular weight excluding hydrogens is 266 g/mol. The van der Waals surface area contributed by atoms with Gasteiger partial charge in [-0.05, 0) is 24.3 Å². The van der Waals surface area contributed by atoms with E-state index < -0.39 is 10.0 Å². The van der Waals surface area contributed by atoms with Crippen LogP contribution in [0.4, 0.5) is 0 Å². The van der Waals surface area contributed by atoms with Crippen LogP contribution in [0.2, 0.25) is 0 Å². The first kappa shape index (κ1) is 13.5. The summed E-state index contributed by atoms with van der Waals surface area (Å²) in [5.74, 6) is 0.504. The molecule has 1 heterocycles. The molecule has 0 spiro atoms. The van der Waals surface area contributed by atoms with E-state index in [0.29, 0.717) is 24.2 Å². The summed E-state index contributed by atoms with van der Waals surface area (Å²) in [6.07, 6.45) is 0.574. The third-order valence-electron chi connectivity index (χ3n) is 2.52. The number of sulfonamides is 1. The van der Waals surface area contributed by atoms with E-state index in [9.17, 15) is 13.2 Å². The van der Waals surface area contributed by atoms with Crippen molar-refractivity contribution < 1.29 is 17.6 Å². The van der Waals surface area contributed by atoms with Crippen molar-refractivity contribution in [2.45, 2.75) is 11.8 Å². The van der Waals surface area contributed by atoms with Gasteiger partial charge in [0.05, 0.1) is 4.90 Å². The lowest BCUT2D eigenvalue weighted by atomic mass is 10.2. The Kier molecular flexibility index (Phi) is 3.82. The molecule has 0 aliphatic carbocycles. The summed E-state index contributed by atoms with van der Waals surface area (Å²) in [5, 5.41) is 0. The summed E-state index contributed by atoms with van der Waals surface area (Å²) >= 11 is 0. The van der Waals surface area contributed by atoms with E-state index in [2.05, 4.69) is 4.72 Å². The molecule has 0 fully saturated rings. The van der Waals surface area contributed by atoms with Gasteiger partial charge in [-0.25, -0.2) is 13.1 Å². The van der Waals surface area contributed by atoms with Gasteiger partial charge in [0.25, 0.3) is 0 Å². The molecule has 6 heteroatoms. The molecule has 19 heavy (non-hydrogen) atoms. The number of rotatable bonds is 5. The van der Waals surface area contributed by atoms with E-state index in [1.807, 2.05) is 0 Å². The highest BCUT2D eigenvalue weighted by Crippen LogP contribution is 2.28. The third-order valence-corrected chi connectivity index (χ3v) is 4.12. The topological polar surface area (TPSA) is 76.4 Å². The lowest BCUT2D eigenvalue weighted by Crippen LogP contribution is -2.23. The fraction of sp³-hybridized carbons (Fsp3) is 0.154. The van der Waals surface area contributed by atoms with Crippen molar-refractivity contribution in [1.82, 2.24) is 4.72 Å². The summed E-state index contributed by atoms with van der Waals surface area (Å²) in [7, 11) is -3.58. The number of hydrogen-bond acceptors (Lipinski definition) is 4. The SMILES string of the molecule is CCNS(=O)(=O)c1ccccc1-c1ccc(C=O)o1. The fourth-order valence-electron chi connectivity index (χ4n) is 1.73. The van der Waals surface area contributed by atoms with Crippen molar-refractivity contribution >= 4 is 16.3 Å². The summed E-state index contributed by atoms with van der Waals surface area (Å²) in [4.78, 5) is 10.7. The average molecular weight is 279 g/mol. The normalized spacial score (nSPS) is 11.4. The van der Waals surface area contributed by atoms with Crippen molar-refractivity contribution in [3.63, 3.8) is 0 Å². The second kappa shape index (κ2) is 5.38. The number of hydrogen-bond donors (Lipinski definition) is 1. The van der Waals surface area contributed by atoms with Crippen LogP contribution in [0.25, 0.3) is 11.3 Å². The van der Waals surface area contributed by atoms with Crippen LogP contribution >= 0.6 is 0 Å². The summed E-state index contributed by atoms with van der Waals surface area (Å²) < 4.78 is 31.9. The number of benzene rings is 1. The minimum Gasteiger partial charge on any atom is -0.453 e. The maximum atomic E-state index is 12.1. The van der Waals surface area contributed by atoms with Gasteiger partial charge in [-0.15, -0.1) is 0 Å². The standard InChI is InChI=1S/C13H13NO4S/c1-2-14-19(16,17)13-6-4-3-5-11(13)12-8-7-10(9-15)18-12/h3-9,14H,2H2,1H3. The van der Waals surface area contributed by atoms with Crippen LogP contribution in [0.3, 0.4) is 0 Å². The molecule has 0 aliphatic heterocycles. The zero-order chi connectivity index (χ0) is 13.9. The Bertz CT molecular complexity index is 688. The van der Waals surface area contributed by atoms with Gasteiger partial charge in [-0.3, -0.25) is 4.79 Å². The molecule has 1 aromatic carbocycles. The maximum absolute atomic E-state index is 12.1. The monoisotopic (exact) mass is 279 g/mol. The minimum atomic E-state index is -3.58. The predicted molar refractivity (Wildman–Crippen MR) is 70.4 cm³/mol. The molecule has 0 saturated carbocycles. The first-order valence-corrected chi connectivity index (χ1v) is 7.21. The van der Waals surface area contributed by atoms with E-state index >= 15 is 0 Å². The summed E-state index contributed by atoms with van der Waals surface area (Å²) in [5.41, 5.74) is 0.427. The van der Waals surface area contributed by atoms with Crippen LogP contribution in [-0.4, -0.2) is 21.2 Å². The largest absolute Gasteiger partial charge is 0.453 e. The van der Waals surface area contributed by atoms with Gasteiger partial charge >= 0.3 is 0 Å². The average Bonchev–Trinajstić information content (AvgIpc) is 2.87. The second-order valence-corrected chi connectivity index (χ2v) is 5.55. The molecule has 2 rings (SSSR count). The van der Waals surface area contributed by atoms with Gasteiger partial charge in [-0.1, -0.05) is 19.1 Å². The molecule has 100 valence electrons. The Morgan fingerprint density at radius 1 is 1.21 bits per heavy atom. The van der Waals surface area contributed by atoms with Gasteiger partial charge in [-0.2, -0.15) is 0 Å². The lowest BCUT2D eigenvalue weighted by molar-refractivity contribution is 0.110. The summed E-state index contributed by atoms with van der Waals surface area (Å²) in [6, 6.07) is 9.55. The smallest absolute Gasteiger partial charge is 0.241 e. The Labute approximate surface area is 111 Å². The van der Waals surface area contributed by atoms with Gasteiger partial charge in [0.2, 0.25) is 10.0 Å². The van der Waals surface area contributed by atoms with E-state index in [4.69, 9.17) is 4.42 Å². The highest BCUT2D eigenvalue weighted by Gasteiger charge is 2.19. The first-order chi connectivity index (χ1) is 9.08. The van der Waals surface area contributed by atoms with Gasteiger partial charge in [0, 0.05) is 12.1 Å². The Morgan fingerprint density at radius 2 is 1.95 bits per heavy atom. The molecule has 0 saturated heterocycles. The molecule has 0 aliphatic rings. The molecule has 0 amide bonds. The van der Waals surface area contributed by atoms with Crippen LogP contribution in [0.5, 0.6) is 0 Å². The fourth-order valence-corrected chi connectivity index (χ4v) is 2.98. The molecule has 2 aromatic rings. The Balaban J connectivity index is 2.56. The zero-order valence-electron chi connectivity index (χ0n) is 10.3. The molecule has 0 atom stereocenters. The van der Waals surface area contributed by atoms with Crippen molar-refractivity contribution in [2.75, 3.05) is 6.54 Å². The van der Waals surface area contributed by atoms with Gasteiger partial charge in [0.15, 0.2) is 12.0 Å². The van der Waals surface area contributed by atoms with Crippen LogP contribution in [0, 0.1) is 0 Å². The third kappa shape index (κ3) is 2.74. The van der Waals surface area contributed by atoms with Crippen molar-refractivity contribution in [1.29, 1.82) is 0 Å². The number of carbonyl (C=O) groups is 1. The highest BCUT2D eigenvalue weighted by molar-refractivity contribution is 7.89. The first-order valence-electron chi connectivity index (χ1n) is 5.72. The van der Waals surface area contributed by atoms with Crippen molar-refractivity contribution in [2.24, 2.45) is 0 Å². The molecular formula is C13H13NO4S. The van der Waals surface area contributed by atoms with Gasteiger partial charge in [0.1, 0.15) is 5.76 Å². The Morgan fingerprint density at radius 3 is 2.58 bits per heavy atom.